The second kappa shape index (κ2) is 5.06. The number of carbonyl (C=O) groups is 2. The molecule has 0 radical (unpaired) electrons. The Balaban J connectivity index is 2.54. The number of hydrogen-bond acceptors (Lipinski definition) is 3. The standard InChI is InChI=1S/C9H10FN3O2/c10-7-4-2-1-3-6(7)5-12-8(14)9(15)13-11/h1-4H,5,11H2,(H,12,14)(H,13,15). The average Bonchev–Trinajstić information content (AvgIpc) is 2.26. The van der Waals surface area contributed by atoms with E-state index < -0.39 is 17.6 Å². The first kappa shape index (κ1) is 11.1. The first-order valence-corrected chi connectivity index (χ1v) is 4.17. The third-order valence-electron chi connectivity index (χ3n) is 1.73. The summed E-state index contributed by atoms with van der Waals surface area (Å²) in [6.45, 7) is -0.0566. The first-order chi connectivity index (χ1) is 7.15. The maximum Gasteiger partial charge on any atom is 0.323 e. The van der Waals surface area contributed by atoms with E-state index in [1.54, 1.807) is 11.5 Å². The summed E-state index contributed by atoms with van der Waals surface area (Å²) in [5.41, 5.74) is 1.97. The highest BCUT2D eigenvalue weighted by Crippen LogP contribution is 2.04. The first-order valence-electron chi connectivity index (χ1n) is 4.17. The number of rotatable bonds is 2. The Bertz CT molecular complexity index is 381. The number of hydrogen-bond donors (Lipinski definition) is 3. The number of amides is 2. The van der Waals surface area contributed by atoms with Crippen molar-refractivity contribution in [3.8, 4) is 0 Å². The molecule has 0 saturated carbocycles. The Kier molecular flexibility index (Phi) is 3.75. The van der Waals surface area contributed by atoms with E-state index in [0.29, 0.717) is 5.56 Å². The summed E-state index contributed by atoms with van der Waals surface area (Å²) < 4.78 is 13.0. The second-order valence-electron chi connectivity index (χ2n) is 2.75. The molecule has 0 heterocycles. The molecule has 1 aromatic rings. The van der Waals surface area contributed by atoms with Crippen LogP contribution in [0.4, 0.5) is 4.39 Å². The molecule has 0 bridgehead atoms. The highest BCUT2D eigenvalue weighted by molar-refractivity contribution is 6.34. The maximum atomic E-state index is 13.0. The predicted molar refractivity (Wildman–Crippen MR) is 50.6 cm³/mol. The monoisotopic (exact) mass is 211 g/mol. The number of benzene rings is 1. The van der Waals surface area contributed by atoms with Crippen LogP contribution in [0.15, 0.2) is 24.3 Å². The van der Waals surface area contributed by atoms with Crippen molar-refractivity contribution in [1.29, 1.82) is 0 Å². The van der Waals surface area contributed by atoms with Gasteiger partial charge in [-0.05, 0) is 6.07 Å². The minimum absolute atomic E-state index is 0.0566. The van der Waals surface area contributed by atoms with Crippen LogP contribution in [0.5, 0.6) is 0 Å². The summed E-state index contributed by atoms with van der Waals surface area (Å²) in [5, 5.41) is 2.22. The Hall–Kier alpha value is -1.95. The SMILES string of the molecule is NNC(=O)C(=O)NCc1ccccc1F. The van der Waals surface area contributed by atoms with Crippen LogP contribution in [0.25, 0.3) is 0 Å². The number of carbonyl (C=O) groups excluding carboxylic acids is 2. The van der Waals surface area contributed by atoms with Crippen LogP contribution < -0.4 is 16.6 Å². The quantitative estimate of drug-likeness (QED) is 0.265. The average molecular weight is 211 g/mol. The van der Waals surface area contributed by atoms with Crippen molar-refractivity contribution in [3.05, 3.63) is 35.6 Å². The molecule has 4 N–H and O–H groups in total. The van der Waals surface area contributed by atoms with Crippen LogP contribution in [0.2, 0.25) is 0 Å². The topological polar surface area (TPSA) is 84.2 Å². The molecule has 6 heteroatoms. The van der Waals surface area contributed by atoms with E-state index in [1.807, 2.05) is 0 Å². The largest absolute Gasteiger partial charge is 0.344 e. The minimum Gasteiger partial charge on any atom is -0.344 e. The van der Waals surface area contributed by atoms with E-state index >= 15 is 0 Å². The molecule has 80 valence electrons. The lowest BCUT2D eigenvalue weighted by molar-refractivity contribution is -0.139. The summed E-state index contributed by atoms with van der Waals surface area (Å²) in [5.74, 6) is 2.43. The van der Waals surface area contributed by atoms with Gasteiger partial charge in [-0.25, -0.2) is 10.2 Å². The van der Waals surface area contributed by atoms with Gasteiger partial charge in [-0.2, -0.15) is 0 Å². The molecule has 15 heavy (non-hydrogen) atoms. The van der Waals surface area contributed by atoms with Crippen molar-refractivity contribution in [2.75, 3.05) is 0 Å². The van der Waals surface area contributed by atoms with Crippen LogP contribution in [0.1, 0.15) is 5.56 Å². The fourth-order valence-corrected chi connectivity index (χ4v) is 0.963. The fraction of sp³-hybridized carbons (Fsp3) is 0.111. The molecule has 0 spiro atoms. The minimum atomic E-state index is -0.966. The molecule has 5 nitrogen and oxygen atoms in total. The highest BCUT2D eigenvalue weighted by atomic mass is 19.1. The van der Waals surface area contributed by atoms with Crippen LogP contribution in [0, 0.1) is 5.82 Å². The maximum absolute atomic E-state index is 13.0. The van der Waals surface area contributed by atoms with E-state index in [0.717, 1.165) is 0 Å². The highest BCUT2D eigenvalue weighted by Gasteiger charge is 2.11. The summed E-state index contributed by atoms with van der Waals surface area (Å²) in [6.07, 6.45) is 0. The van der Waals surface area contributed by atoms with Crippen LogP contribution >= 0.6 is 0 Å². The molecule has 0 unspecified atom stereocenters. The van der Waals surface area contributed by atoms with Gasteiger partial charge in [-0.1, -0.05) is 18.2 Å². The smallest absolute Gasteiger partial charge is 0.323 e. The number of hydrazine groups is 1. The fourth-order valence-electron chi connectivity index (χ4n) is 0.963. The zero-order chi connectivity index (χ0) is 11.3. The lowest BCUT2D eigenvalue weighted by atomic mass is 10.2. The van der Waals surface area contributed by atoms with Crippen molar-refractivity contribution >= 4 is 11.8 Å². The Labute approximate surface area is 85.4 Å². The number of nitrogens with two attached hydrogens (primary N) is 1. The van der Waals surface area contributed by atoms with Crippen molar-refractivity contribution in [2.45, 2.75) is 6.54 Å². The van der Waals surface area contributed by atoms with Crippen molar-refractivity contribution in [3.63, 3.8) is 0 Å². The van der Waals surface area contributed by atoms with Gasteiger partial charge in [0.2, 0.25) is 0 Å². The van der Waals surface area contributed by atoms with Gasteiger partial charge in [0.1, 0.15) is 5.82 Å². The third kappa shape index (κ3) is 3.03. The molecule has 0 atom stereocenters. The van der Waals surface area contributed by atoms with Crippen molar-refractivity contribution in [1.82, 2.24) is 10.7 Å². The van der Waals surface area contributed by atoms with E-state index in [1.165, 1.54) is 18.2 Å². The molecule has 1 rings (SSSR count). The second-order valence-corrected chi connectivity index (χ2v) is 2.75. The Morgan fingerprint density at radius 3 is 2.53 bits per heavy atom. The van der Waals surface area contributed by atoms with Crippen molar-refractivity contribution < 1.29 is 14.0 Å². The van der Waals surface area contributed by atoms with Gasteiger partial charge in [-0.3, -0.25) is 15.0 Å². The molecule has 0 aliphatic carbocycles. The summed E-state index contributed by atoms with van der Waals surface area (Å²) in [6, 6.07) is 5.95. The van der Waals surface area contributed by atoms with Crippen LogP contribution in [-0.4, -0.2) is 11.8 Å². The van der Waals surface area contributed by atoms with Crippen LogP contribution in [-0.2, 0) is 16.1 Å². The van der Waals surface area contributed by atoms with Gasteiger partial charge in [0.05, 0.1) is 0 Å². The van der Waals surface area contributed by atoms with Crippen molar-refractivity contribution in [2.24, 2.45) is 5.84 Å². The van der Waals surface area contributed by atoms with Gasteiger partial charge in [0.15, 0.2) is 0 Å². The van der Waals surface area contributed by atoms with Crippen LogP contribution in [0.3, 0.4) is 0 Å². The van der Waals surface area contributed by atoms with Gasteiger partial charge in [0, 0.05) is 12.1 Å². The lowest BCUT2D eigenvalue weighted by Crippen LogP contribution is -2.42. The summed E-state index contributed by atoms with van der Waals surface area (Å²) in [4.78, 5) is 21.6. The molecule has 0 aliphatic rings. The number of nitrogens with one attached hydrogen (secondary N) is 2. The molecule has 1 aromatic carbocycles. The Morgan fingerprint density at radius 2 is 1.93 bits per heavy atom. The van der Waals surface area contributed by atoms with Gasteiger partial charge in [-0.15, -0.1) is 0 Å². The number of halogens is 1. The van der Waals surface area contributed by atoms with Gasteiger partial charge < -0.3 is 5.32 Å². The molecule has 0 saturated heterocycles. The van der Waals surface area contributed by atoms with E-state index in [4.69, 9.17) is 5.84 Å². The normalized spacial score (nSPS) is 9.47. The lowest BCUT2D eigenvalue weighted by Gasteiger charge is -2.04. The van der Waals surface area contributed by atoms with E-state index in [9.17, 15) is 14.0 Å². The molecule has 0 aromatic heterocycles. The zero-order valence-electron chi connectivity index (χ0n) is 7.79. The van der Waals surface area contributed by atoms with E-state index in [-0.39, 0.29) is 6.54 Å². The van der Waals surface area contributed by atoms with Gasteiger partial charge in [0.25, 0.3) is 0 Å². The summed E-state index contributed by atoms with van der Waals surface area (Å²) >= 11 is 0. The molecule has 2 amide bonds. The third-order valence-corrected chi connectivity index (χ3v) is 1.73. The summed E-state index contributed by atoms with van der Waals surface area (Å²) in [7, 11) is 0. The molecular weight excluding hydrogens is 201 g/mol. The molecule has 0 aliphatic heterocycles. The zero-order valence-corrected chi connectivity index (χ0v) is 7.79. The molecule has 0 fully saturated rings. The van der Waals surface area contributed by atoms with Gasteiger partial charge >= 0.3 is 11.8 Å². The molecular formula is C9H10FN3O2. The Morgan fingerprint density at radius 1 is 1.27 bits per heavy atom. The van der Waals surface area contributed by atoms with E-state index in [2.05, 4.69) is 5.32 Å². The predicted octanol–water partition coefficient (Wildman–Crippen LogP) is -0.568.